The molecule has 1 amide bonds. The van der Waals surface area contributed by atoms with Crippen molar-refractivity contribution in [1.82, 2.24) is 10.4 Å². The largest absolute Gasteiger partial charge is 0.348 e. The van der Waals surface area contributed by atoms with Gasteiger partial charge in [0.05, 0.1) is 21.5 Å². The van der Waals surface area contributed by atoms with Crippen molar-refractivity contribution in [2.24, 2.45) is 5.10 Å². The van der Waals surface area contributed by atoms with Gasteiger partial charge in [-0.25, -0.2) is 14.8 Å². The molecule has 0 radical (unpaired) electrons. The molecule has 0 unspecified atom stereocenters. The molecule has 0 aliphatic carbocycles. The minimum Gasteiger partial charge on any atom is -0.348 e. The third kappa shape index (κ3) is 4.13. The average molecular weight is 415 g/mol. The van der Waals surface area contributed by atoms with Crippen molar-refractivity contribution in [3.8, 4) is 10.6 Å². The van der Waals surface area contributed by atoms with E-state index in [-0.39, 0.29) is 5.56 Å². The summed E-state index contributed by atoms with van der Waals surface area (Å²) in [6, 6.07) is 9.85. The van der Waals surface area contributed by atoms with Crippen molar-refractivity contribution in [2.45, 2.75) is 19.3 Å². The molecule has 1 fully saturated rings. The number of nitrogens with zero attached hydrogens (tertiary/aromatic N) is 3. The summed E-state index contributed by atoms with van der Waals surface area (Å²) in [6.07, 6.45) is 5.21. The number of hydrazone groups is 1. The first-order valence-electron chi connectivity index (χ1n) is 9.10. The minimum absolute atomic E-state index is 0.0311. The predicted octanol–water partition coefficient (Wildman–Crippen LogP) is 4.76. The summed E-state index contributed by atoms with van der Waals surface area (Å²) in [6.45, 7) is 2.02. The van der Waals surface area contributed by atoms with Crippen molar-refractivity contribution < 1.29 is 9.18 Å². The summed E-state index contributed by atoms with van der Waals surface area (Å²) in [5.41, 5.74) is 3.24. The molecule has 2 aromatic heterocycles. The van der Waals surface area contributed by atoms with Crippen molar-refractivity contribution in [3.05, 3.63) is 58.0 Å². The molecule has 4 rings (SSSR count). The van der Waals surface area contributed by atoms with Crippen LogP contribution in [-0.4, -0.2) is 30.2 Å². The SMILES string of the molecule is O=C(N/N=C\c1sc(N2CCCCC2)nc1-c1cccs1)c1ccccc1F. The van der Waals surface area contributed by atoms with Gasteiger partial charge in [-0.1, -0.05) is 29.5 Å². The normalized spacial score (nSPS) is 14.5. The molecule has 144 valence electrons. The minimum atomic E-state index is -0.576. The predicted molar refractivity (Wildman–Crippen MR) is 113 cm³/mol. The van der Waals surface area contributed by atoms with Crippen LogP contribution in [0.15, 0.2) is 46.9 Å². The Morgan fingerprint density at radius 1 is 1.18 bits per heavy atom. The van der Waals surface area contributed by atoms with Gasteiger partial charge in [0.25, 0.3) is 5.91 Å². The van der Waals surface area contributed by atoms with E-state index in [1.807, 2.05) is 17.5 Å². The first kappa shape index (κ1) is 18.8. The second-order valence-electron chi connectivity index (χ2n) is 6.41. The van der Waals surface area contributed by atoms with Gasteiger partial charge in [-0.2, -0.15) is 5.10 Å². The third-order valence-corrected chi connectivity index (χ3v) is 6.42. The molecule has 5 nitrogen and oxygen atoms in total. The fourth-order valence-corrected chi connectivity index (χ4v) is 4.87. The maximum absolute atomic E-state index is 13.7. The van der Waals surface area contributed by atoms with Crippen LogP contribution in [0.5, 0.6) is 0 Å². The van der Waals surface area contributed by atoms with Gasteiger partial charge in [0.2, 0.25) is 0 Å². The fourth-order valence-electron chi connectivity index (χ4n) is 3.07. The van der Waals surface area contributed by atoms with Gasteiger partial charge in [-0.3, -0.25) is 4.79 Å². The van der Waals surface area contributed by atoms with E-state index in [0.29, 0.717) is 0 Å². The summed E-state index contributed by atoms with van der Waals surface area (Å²) in [5.74, 6) is -1.15. The molecule has 28 heavy (non-hydrogen) atoms. The highest BCUT2D eigenvalue weighted by Crippen LogP contribution is 2.35. The Morgan fingerprint density at radius 2 is 2.00 bits per heavy atom. The number of amides is 1. The number of anilines is 1. The van der Waals surface area contributed by atoms with Crippen LogP contribution in [-0.2, 0) is 0 Å². The molecule has 1 N–H and O–H groups in total. The lowest BCUT2D eigenvalue weighted by Crippen LogP contribution is -2.29. The Kier molecular flexibility index (Phi) is 5.78. The highest BCUT2D eigenvalue weighted by molar-refractivity contribution is 7.18. The van der Waals surface area contributed by atoms with Crippen LogP contribution in [0.25, 0.3) is 10.6 Å². The van der Waals surface area contributed by atoms with Crippen LogP contribution in [0.3, 0.4) is 0 Å². The van der Waals surface area contributed by atoms with Crippen LogP contribution in [0.2, 0.25) is 0 Å². The zero-order chi connectivity index (χ0) is 19.3. The Balaban J connectivity index is 1.55. The van der Waals surface area contributed by atoms with Crippen LogP contribution in [0.4, 0.5) is 9.52 Å². The number of thiazole rings is 1. The smallest absolute Gasteiger partial charge is 0.274 e. The molecular weight excluding hydrogens is 395 g/mol. The van der Waals surface area contributed by atoms with E-state index in [1.165, 1.54) is 31.4 Å². The Morgan fingerprint density at radius 3 is 2.75 bits per heavy atom. The van der Waals surface area contributed by atoms with E-state index in [2.05, 4.69) is 15.4 Å². The number of hydrogen-bond acceptors (Lipinski definition) is 6. The molecule has 0 saturated carbocycles. The molecular formula is C20H19FN4OS2. The first-order chi connectivity index (χ1) is 13.7. The highest BCUT2D eigenvalue weighted by Gasteiger charge is 2.19. The second kappa shape index (κ2) is 8.62. The first-order valence-corrected chi connectivity index (χ1v) is 10.8. The average Bonchev–Trinajstić information content (AvgIpc) is 3.39. The van der Waals surface area contributed by atoms with Gasteiger partial charge < -0.3 is 4.90 Å². The van der Waals surface area contributed by atoms with Crippen LogP contribution in [0.1, 0.15) is 34.5 Å². The molecule has 0 spiro atoms. The summed E-state index contributed by atoms with van der Waals surface area (Å²) in [4.78, 5) is 21.2. The Hall–Kier alpha value is -2.58. The molecule has 1 aliphatic heterocycles. The van der Waals surface area contributed by atoms with E-state index in [9.17, 15) is 9.18 Å². The van der Waals surface area contributed by atoms with Gasteiger partial charge in [0, 0.05) is 13.1 Å². The number of thiophene rings is 1. The van der Waals surface area contributed by atoms with Crippen LogP contribution >= 0.6 is 22.7 Å². The lowest BCUT2D eigenvalue weighted by molar-refractivity contribution is 0.0951. The van der Waals surface area contributed by atoms with Gasteiger partial charge in [-0.05, 0) is 42.8 Å². The summed E-state index contributed by atoms with van der Waals surface area (Å²) < 4.78 is 13.7. The van der Waals surface area contributed by atoms with Gasteiger partial charge >= 0.3 is 0 Å². The Labute approximate surface area is 170 Å². The lowest BCUT2D eigenvalue weighted by atomic mass is 10.1. The van der Waals surface area contributed by atoms with Crippen LogP contribution in [0, 0.1) is 5.82 Å². The molecule has 3 aromatic rings. The number of piperidine rings is 1. The summed E-state index contributed by atoms with van der Waals surface area (Å²) in [5, 5.41) is 7.04. The van der Waals surface area contributed by atoms with E-state index in [0.717, 1.165) is 33.7 Å². The zero-order valence-electron chi connectivity index (χ0n) is 15.1. The lowest BCUT2D eigenvalue weighted by Gasteiger charge is -2.25. The van der Waals surface area contributed by atoms with Gasteiger partial charge in [0.15, 0.2) is 5.13 Å². The monoisotopic (exact) mass is 414 g/mol. The van der Waals surface area contributed by atoms with Crippen molar-refractivity contribution in [2.75, 3.05) is 18.0 Å². The van der Waals surface area contributed by atoms with E-state index in [1.54, 1.807) is 41.0 Å². The topological polar surface area (TPSA) is 57.6 Å². The van der Waals surface area contributed by atoms with E-state index < -0.39 is 11.7 Å². The number of aromatic nitrogens is 1. The van der Waals surface area contributed by atoms with Gasteiger partial charge in [0.1, 0.15) is 11.5 Å². The maximum Gasteiger partial charge on any atom is 0.274 e. The highest BCUT2D eigenvalue weighted by atomic mass is 32.1. The van der Waals surface area contributed by atoms with Crippen molar-refractivity contribution in [1.29, 1.82) is 0 Å². The summed E-state index contributed by atoms with van der Waals surface area (Å²) >= 11 is 3.18. The number of carbonyl (C=O) groups is 1. The van der Waals surface area contributed by atoms with Gasteiger partial charge in [-0.15, -0.1) is 11.3 Å². The number of carbonyl (C=O) groups excluding carboxylic acids is 1. The second-order valence-corrected chi connectivity index (χ2v) is 8.37. The summed E-state index contributed by atoms with van der Waals surface area (Å²) in [7, 11) is 0. The fraction of sp³-hybridized carbons (Fsp3) is 0.250. The molecule has 0 atom stereocenters. The maximum atomic E-state index is 13.7. The molecule has 0 bridgehead atoms. The number of benzene rings is 1. The third-order valence-electron chi connectivity index (χ3n) is 4.49. The molecule has 8 heteroatoms. The standard InChI is InChI=1S/C20H19FN4OS2/c21-15-8-3-2-7-14(15)19(26)24-22-13-17-18(16-9-6-12-27-16)23-20(28-17)25-10-4-1-5-11-25/h2-3,6-9,12-13H,1,4-5,10-11H2,(H,24,26)/b22-13-. The number of halogens is 1. The number of nitrogens with one attached hydrogen (secondary N) is 1. The molecule has 3 heterocycles. The quantitative estimate of drug-likeness (QED) is 0.484. The molecule has 1 saturated heterocycles. The van der Waals surface area contributed by atoms with Crippen molar-refractivity contribution in [3.63, 3.8) is 0 Å². The number of rotatable bonds is 5. The molecule has 1 aromatic carbocycles. The Bertz CT molecular complexity index is 978. The van der Waals surface area contributed by atoms with E-state index in [4.69, 9.17) is 4.98 Å². The molecule has 1 aliphatic rings. The number of hydrogen-bond donors (Lipinski definition) is 1. The van der Waals surface area contributed by atoms with Crippen LogP contribution < -0.4 is 10.3 Å². The van der Waals surface area contributed by atoms with Crippen molar-refractivity contribution >= 4 is 39.9 Å². The van der Waals surface area contributed by atoms with E-state index >= 15 is 0 Å². The zero-order valence-corrected chi connectivity index (χ0v) is 16.7.